The van der Waals surface area contributed by atoms with E-state index in [1.807, 2.05) is 6.92 Å². The number of carbonyl (C=O) groups is 1. The molecule has 3 heteroatoms. The van der Waals surface area contributed by atoms with Crippen LogP contribution in [0, 0.1) is 5.92 Å². The van der Waals surface area contributed by atoms with Crippen molar-refractivity contribution in [1.82, 2.24) is 0 Å². The summed E-state index contributed by atoms with van der Waals surface area (Å²) >= 11 is 0. The average molecular weight is 230 g/mol. The maximum atomic E-state index is 11.4. The number of hydrogen-bond acceptors (Lipinski definition) is 3. The van der Waals surface area contributed by atoms with Crippen molar-refractivity contribution >= 4 is 5.97 Å². The molecule has 16 heavy (non-hydrogen) atoms. The smallest absolute Gasteiger partial charge is 0.298 e. The standard InChI is InChI=1S/C13H26O3/c1-4-6-8-10-12(3)13(14)16-15-11-9-7-5-2/h12H,4-11H2,1-3H3. The van der Waals surface area contributed by atoms with E-state index in [2.05, 4.69) is 13.8 Å². The molecule has 0 amide bonds. The molecule has 0 fully saturated rings. The molecule has 0 spiro atoms. The van der Waals surface area contributed by atoms with Gasteiger partial charge in [0.05, 0.1) is 12.5 Å². The summed E-state index contributed by atoms with van der Waals surface area (Å²) < 4.78 is 0. The van der Waals surface area contributed by atoms with Crippen LogP contribution < -0.4 is 0 Å². The Morgan fingerprint density at radius 2 is 1.69 bits per heavy atom. The number of carbonyl (C=O) groups excluding carboxylic acids is 1. The van der Waals surface area contributed by atoms with Crippen LogP contribution >= 0.6 is 0 Å². The molecule has 0 N–H and O–H groups in total. The normalized spacial score (nSPS) is 12.4. The highest BCUT2D eigenvalue weighted by atomic mass is 17.2. The molecule has 0 radical (unpaired) electrons. The highest BCUT2D eigenvalue weighted by molar-refractivity contribution is 5.71. The van der Waals surface area contributed by atoms with Crippen molar-refractivity contribution in [2.24, 2.45) is 5.92 Å². The Balaban J connectivity index is 3.40. The Morgan fingerprint density at radius 1 is 1.06 bits per heavy atom. The third-order valence-corrected chi connectivity index (χ3v) is 2.62. The molecule has 0 saturated carbocycles. The van der Waals surface area contributed by atoms with E-state index < -0.39 is 0 Å². The Bertz CT molecular complexity index is 169. The summed E-state index contributed by atoms with van der Waals surface area (Å²) in [6, 6.07) is 0. The zero-order valence-electron chi connectivity index (χ0n) is 11.0. The number of unbranched alkanes of at least 4 members (excludes halogenated alkanes) is 4. The van der Waals surface area contributed by atoms with Gasteiger partial charge in [0.1, 0.15) is 0 Å². The van der Waals surface area contributed by atoms with E-state index in [0.29, 0.717) is 6.61 Å². The maximum absolute atomic E-state index is 11.4. The number of rotatable bonds is 10. The van der Waals surface area contributed by atoms with Crippen molar-refractivity contribution in [3.05, 3.63) is 0 Å². The van der Waals surface area contributed by atoms with E-state index in [-0.39, 0.29) is 11.9 Å². The molecule has 1 unspecified atom stereocenters. The highest BCUT2D eigenvalue weighted by Crippen LogP contribution is 2.11. The molecular formula is C13H26O3. The van der Waals surface area contributed by atoms with Gasteiger partial charge in [-0.05, 0) is 12.8 Å². The average Bonchev–Trinajstić information content (AvgIpc) is 2.28. The van der Waals surface area contributed by atoms with Crippen molar-refractivity contribution in [2.45, 2.75) is 65.7 Å². The Morgan fingerprint density at radius 3 is 2.31 bits per heavy atom. The Kier molecular flexibility index (Phi) is 10.5. The van der Waals surface area contributed by atoms with Gasteiger partial charge < -0.3 is 0 Å². The predicted molar refractivity (Wildman–Crippen MR) is 64.9 cm³/mol. The first kappa shape index (κ1) is 15.4. The van der Waals surface area contributed by atoms with E-state index in [4.69, 9.17) is 9.78 Å². The van der Waals surface area contributed by atoms with Crippen molar-refractivity contribution < 1.29 is 14.6 Å². The second kappa shape index (κ2) is 10.9. The topological polar surface area (TPSA) is 35.5 Å². The summed E-state index contributed by atoms with van der Waals surface area (Å²) in [5.74, 6) is -0.273. The Labute approximate surface area is 99.4 Å². The van der Waals surface area contributed by atoms with Gasteiger partial charge in [0.2, 0.25) is 0 Å². The van der Waals surface area contributed by atoms with E-state index in [1.54, 1.807) is 0 Å². The summed E-state index contributed by atoms with van der Waals surface area (Å²) in [5.41, 5.74) is 0. The fraction of sp³-hybridized carbons (Fsp3) is 0.923. The summed E-state index contributed by atoms with van der Waals surface area (Å²) in [7, 11) is 0. The van der Waals surface area contributed by atoms with Crippen LogP contribution in [-0.2, 0) is 14.6 Å². The van der Waals surface area contributed by atoms with Gasteiger partial charge in [-0.15, -0.1) is 0 Å². The molecule has 0 bridgehead atoms. The van der Waals surface area contributed by atoms with Crippen LogP contribution in [0.25, 0.3) is 0 Å². The van der Waals surface area contributed by atoms with Gasteiger partial charge in [0.15, 0.2) is 0 Å². The summed E-state index contributed by atoms with van der Waals surface area (Å²) in [6.07, 6.45) is 7.54. The van der Waals surface area contributed by atoms with Crippen molar-refractivity contribution in [3.63, 3.8) is 0 Å². The van der Waals surface area contributed by atoms with Crippen LogP contribution in [0.5, 0.6) is 0 Å². The van der Waals surface area contributed by atoms with Crippen molar-refractivity contribution in [3.8, 4) is 0 Å². The molecule has 0 aromatic carbocycles. The van der Waals surface area contributed by atoms with Gasteiger partial charge in [0, 0.05) is 0 Å². The van der Waals surface area contributed by atoms with Crippen molar-refractivity contribution in [1.29, 1.82) is 0 Å². The molecule has 0 aromatic rings. The van der Waals surface area contributed by atoms with E-state index in [9.17, 15) is 4.79 Å². The van der Waals surface area contributed by atoms with Crippen LogP contribution in [0.1, 0.15) is 65.7 Å². The maximum Gasteiger partial charge on any atom is 0.345 e. The van der Waals surface area contributed by atoms with Crippen LogP contribution in [0.4, 0.5) is 0 Å². The van der Waals surface area contributed by atoms with Gasteiger partial charge in [-0.3, -0.25) is 4.89 Å². The highest BCUT2D eigenvalue weighted by Gasteiger charge is 2.14. The van der Waals surface area contributed by atoms with Crippen LogP contribution in [0.2, 0.25) is 0 Å². The summed E-state index contributed by atoms with van der Waals surface area (Å²) in [5, 5.41) is 0. The molecule has 0 aromatic heterocycles. The minimum Gasteiger partial charge on any atom is -0.298 e. The molecule has 0 saturated heterocycles. The second-order valence-corrected chi connectivity index (χ2v) is 4.33. The van der Waals surface area contributed by atoms with Crippen molar-refractivity contribution in [2.75, 3.05) is 6.61 Å². The van der Waals surface area contributed by atoms with Crippen LogP contribution in [0.3, 0.4) is 0 Å². The second-order valence-electron chi connectivity index (χ2n) is 4.33. The first-order valence-corrected chi connectivity index (χ1v) is 6.55. The summed E-state index contributed by atoms with van der Waals surface area (Å²) in [4.78, 5) is 21.0. The number of hydrogen-bond donors (Lipinski definition) is 0. The molecular weight excluding hydrogens is 204 g/mol. The predicted octanol–water partition coefficient (Wildman–Crippen LogP) is 3.87. The molecule has 0 rings (SSSR count). The third-order valence-electron chi connectivity index (χ3n) is 2.62. The fourth-order valence-corrected chi connectivity index (χ4v) is 1.41. The SMILES string of the molecule is CCCCCOOC(=O)C(C)CCCCC. The minimum absolute atomic E-state index is 0.0438. The van der Waals surface area contributed by atoms with E-state index in [1.165, 1.54) is 12.8 Å². The van der Waals surface area contributed by atoms with Crippen LogP contribution in [-0.4, -0.2) is 12.6 Å². The van der Waals surface area contributed by atoms with Gasteiger partial charge in [-0.1, -0.05) is 52.9 Å². The quantitative estimate of drug-likeness (QED) is 0.325. The lowest BCUT2D eigenvalue weighted by molar-refractivity contribution is -0.276. The molecule has 0 heterocycles. The molecule has 0 aliphatic heterocycles. The summed E-state index contributed by atoms with van der Waals surface area (Å²) in [6.45, 7) is 6.69. The zero-order chi connectivity index (χ0) is 12.2. The van der Waals surface area contributed by atoms with Gasteiger partial charge in [-0.25, -0.2) is 4.79 Å². The lowest BCUT2D eigenvalue weighted by Gasteiger charge is -2.09. The van der Waals surface area contributed by atoms with Gasteiger partial charge >= 0.3 is 5.97 Å². The Hall–Kier alpha value is -0.570. The lowest BCUT2D eigenvalue weighted by atomic mass is 10.0. The fourth-order valence-electron chi connectivity index (χ4n) is 1.41. The third kappa shape index (κ3) is 8.72. The monoisotopic (exact) mass is 230 g/mol. The zero-order valence-corrected chi connectivity index (χ0v) is 11.0. The van der Waals surface area contributed by atoms with E-state index in [0.717, 1.165) is 32.1 Å². The van der Waals surface area contributed by atoms with Gasteiger partial charge in [-0.2, -0.15) is 4.89 Å². The molecule has 3 nitrogen and oxygen atoms in total. The minimum atomic E-state index is -0.229. The molecule has 96 valence electrons. The van der Waals surface area contributed by atoms with E-state index >= 15 is 0 Å². The first-order chi connectivity index (χ1) is 7.72. The lowest BCUT2D eigenvalue weighted by Crippen LogP contribution is -2.15. The first-order valence-electron chi connectivity index (χ1n) is 6.55. The molecule has 0 aliphatic rings. The van der Waals surface area contributed by atoms with Gasteiger partial charge in [0.25, 0.3) is 0 Å². The largest absolute Gasteiger partial charge is 0.345 e. The molecule has 1 atom stereocenters. The molecule has 0 aliphatic carbocycles. The van der Waals surface area contributed by atoms with Crippen LogP contribution in [0.15, 0.2) is 0 Å².